The molecule has 3 heterocycles. The number of sulfonamides is 1. The van der Waals surface area contributed by atoms with Crippen molar-refractivity contribution in [3.8, 4) is 0 Å². The minimum atomic E-state index is -3.61. The van der Waals surface area contributed by atoms with Crippen LogP contribution in [0.2, 0.25) is 0 Å². The number of aromatic nitrogens is 4. The summed E-state index contributed by atoms with van der Waals surface area (Å²) >= 11 is 0. The Kier molecular flexibility index (Phi) is 3.77. The van der Waals surface area contributed by atoms with Crippen LogP contribution >= 0.6 is 0 Å². The van der Waals surface area contributed by atoms with E-state index in [4.69, 9.17) is 4.52 Å². The summed E-state index contributed by atoms with van der Waals surface area (Å²) in [6.07, 6.45) is 5.21. The van der Waals surface area contributed by atoms with Crippen LogP contribution in [0, 0.1) is 12.8 Å². The van der Waals surface area contributed by atoms with Gasteiger partial charge >= 0.3 is 0 Å². The van der Waals surface area contributed by atoms with E-state index in [0.717, 1.165) is 19.3 Å². The van der Waals surface area contributed by atoms with Gasteiger partial charge < -0.3 is 9.09 Å². The van der Waals surface area contributed by atoms with Crippen molar-refractivity contribution in [2.24, 2.45) is 13.0 Å². The fourth-order valence-corrected chi connectivity index (χ4v) is 5.76. The number of hydrogen-bond acceptors (Lipinski definition) is 6. The summed E-state index contributed by atoms with van der Waals surface area (Å²) in [7, 11) is -1.81. The van der Waals surface area contributed by atoms with E-state index >= 15 is 0 Å². The van der Waals surface area contributed by atoms with Gasteiger partial charge in [-0.05, 0) is 25.7 Å². The Morgan fingerprint density at radius 3 is 2.84 bits per heavy atom. The number of rotatable bonds is 4. The maximum Gasteiger partial charge on any atom is 0.262 e. The average Bonchev–Trinajstić information content (AvgIpc) is 3.30. The molecule has 0 unspecified atom stereocenters. The van der Waals surface area contributed by atoms with E-state index in [1.807, 2.05) is 6.92 Å². The highest BCUT2D eigenvalue weighted by Gasteiger charge is 2.56. The maximum absolute atomic E-state index is 13.1. The molecule has 1 aliphatic heterocycles. The van der Waals surface area contributed by atoms with E-state index in [1.165, 1.54) is 0 Å². The zero-order chi connectivity index (χ0) is 17.8. The lowest BCUT2D eigenvalue weighted by molar-refractivity contribution is 0.329. The third kappa shape index (κ3) is 2.43. The highest BCUT2D eigenvalue weighted by atomic mass is 32.2. The first-order valence-electron chi connectivity index (χ1n) is 8.70. The van der Waals surface area contributed by atoms with Crippen LogP contribution in [0.4, 0.5) is 0 Å². The second-order valence-electron chi connectivity index (χ2n) is 7.15. The fraction of sp³-hybridized carbons (Fsp3) is 0.688. The zero-order valence-electron chi connectivity index (χ0n) is 14.8. The maximum atomic E-state index is 13.1. The summed E-state index contributed by atoms with van der Waals surface area (Å²) in [6.45, 7) is 4.66. The zero-order valence-corrected chi connectivity index (χ0v) is 15.6. The van der Waals surface area contributed by atoms with Crippen LogP contribution in [0.5, 0.6) is 0 Å². The first kappa shape index (κ1) is 16.7. The van der Waals surface area contributed by atoms with Crippen molar-refractivity contribution in [2.75, 3.05) is 13.1 Å². The van der Waals surface area contributed by atoms with Crippen molar-refractivity contribution >= 4 is 10.0 Å². The minimum absolute atomic E-state index is 0.116. The van der Waals surface area contributed by atoms with Crippen LogP contribution < -0.4 is 0 Å². The summed E-state index contributed by atoms with van der Waals surface area (Å²) in [5, 5.41) is 4.30. The number of fused-ring (bicyclic) bond motifs is 1. The van der Waals surface area contributed by atoms with Crippen molar-refractivity contribution in [2.45, 2.75) is 50.0 Å². The molecule has 136 valence electrons. The largest absolute Gasteiger partial charge is 0.339 e. The summed E-state index contributed by atoms with van der Waals surface area (Å²) in [5.74, 6) is 2.19. The Bertz CT molecular complexity index is 883. The van der Waals surface area contributed by atoms with Gasteiger partial charge in [0.05, 0.1) is 5.41 Å². The molecule has 2 aromatic heterocycles. The topological polar surface area (TPSA) is 94.1 Å². The Morgan fingerprint density at radius 2 is 2.20 bits per heavy atom. The van der Waals surface area contributed by atoms with E-state index in [2.05, 4.69) is 15.1 Å². The predicted molar refractivity (Wildman–Crippen MR) is 89.4 cm³/mol. The minimum Gasteiger partial charge on any atom is -0.339 e. The Labute approximate surface area is 147 Å². The molecule has 9 heteroatoms. The van der Waals surface area contributed by atoms with Crippen molar-refractivity contribution in [3.63, 3.8) is 0 Å². The molecule has 25 heavy (non-hydrogen) atoms. The molecule has 1 saturated carbocycles. The molecule has 1 aliphatic carbocycles. The van der Waals surface area contributed by atoms with Crippen molar-refractivity contribution in [1.82, 2.24) is 24.0 Å². The van der Waals surface area contributed by atoms with Crippen molar-refractivity contribution < 1.29 is 12.9 Å². The van der Waals surface area contributed by atoms with Crippen LogP contribution in [-0.2, 0) is 28.9 Å². The van der Waals surface area contributed by atoms with Crippen LogP contribution in [0.25, 0.3) is 0 Å². The van der Waals surface area contributed by atoms with Gasteiger partial charge in [0, 0.05) is 32.8 Å². The molecule has 1 saturated heterocycles. The first-order chi connectivity index (χ1) is 11.9. The van der Waals surface area contributed by atoms with E-state index in [9.17, 15) is 8.42 Å². The van der Waals surface area contributed by atoms with Gasteiger partial charge in [0.25, 0.3) is 10.0 Å². The molecule has 0 radical (unpaired) electrons. The monoisotopic (exact) mass is 365 g/mol. The third-order valence-corrected chi connectivity index (χ3v) is 7.43. The average molecular weight is 365 g/mol. The van der Waals surface area contributed by atoms with Gasteiger partial charge in [-0.2, -0.15) is 9.29 Å². The quantitative estimate of drug-likeness (QED) is 0.813. The molecular formula is C16H23N5O3S. The van der Waals surface area contributed by atoms with E-state index in [0.29, 0.717) is 37.0 Å². The molecule has 4 rings (SSSR count). The molecule has 0 bridgehead atoms. The Hall–Kier alpha value is -1.74. The highest BCUT2D eigenvalue weighted by Crippen LogP contribution is 2.50. The SMILES string of the molecule is CCc1nc([C@@]23CCC[C@@H]2CN(S(=O)(=O)c2cn(C)c(C)n2)C3)no1. The molecule has 0 spiro atoms. The molecule has 2 atom stereocenters. The van der Waals surface area contributed by atoms with Gasteiger partial charge in [0.2, 0.25) is 5.89 Å². The Morgan fingerprint density at radius 1 is 1.40 bits per heavy atom. The van der Waals surface area contributed by atoms with Crippen LogP contribution in [0.15, 0.2) is 15.7 Å². The van der Waals surface area contributed by atoms with Gasteiger partial charge in [-0.3, -0.25) is 0 Å². The Balaban J connectivity index is 1.68. The van der Waals surface area contributed by atoms with E-state index in [-0.39, 0.29) is 16.4 Å². The van der Waals surface area contributed by atoms with Gasteiger partial charge in [0.15, 0.2) is 10.9 Å². The third-order valence-electron chi connectivity index (χ3n) is 5.75. The normalized spacial score (nSPS) is 27.1. The van der Waals surface area contributed by atoms with Crippen molar-refractivity contribution in [1.29, 1.82) is 0 Å². The highest BCUT2D eigenvalue weighted by molar-refractivity contribution is 7.89. The molecular weight excluding hydrogens is 342 g/mol. The second-order valence-corrected chi connectivity index (χ2v) is 9.03. The molecule has 2 aliphatic rings. The second kappa shape index (κ2) is 5.63. The standard InChI is InChI=1S/C16H23N5O3S/c1-4-13-18-15(19-24-13)16-7-5-6-12(16)8-21(10-16)25(22,23)14-9-20(3)11(2)17-14/h9,12H,4-8,10H2,1-3H3/t12-,16-/m1/s1. The predicted octanol–water partition coefficient (Wildman–Crippen LogP) is 1.42. The summed E-state index contributed by atoms with van der Waals surface area (Å²) in [5.41, 5.74) is -0.326. The molecule has 2 aromatic rings. The van der Waals surface area contributed by atoms with Gasteiger partial charge in [0.1, 0.15) is 5.82 Å². The first-order valence-corrected chi connectivity index (χ1v) is 10.1. The van der Waals surface area contributed by atoms with Gasteiger partial charge in [-0.15, -0.1) is 0 Å². The summed E-state index contributed by atoms with van der Waals surface area (Å²) in [4.78, 5) is 8.75. The summed E-state index contributed by atoms with van der Waals surface area (Å²) < 4.78 is 34.7. The van der Waals surface area contributed by atoms with Crippen LogP contribution in [0.3, 0.4) is 0 Å². The van der Waals surface area contributed by atoms with E-state index in [1.54, 1.807) is 29.0 Å². The smallest absolute Gasteiger partial charge is 0.262 e. The molecule has 0 aromatic carbocycles. The number of aryl methyl sites for hydroxylation is 3. The lowest BCUT2D eigenvalue weighted by Crippen LogP contribution is -2.35. The van der Waals surface area contributed by atoms with Gasteiger partial charge in [-0.25, -0.2) is 13.4 Å². The van der Waals surface area contributed by atoms with E-state index < -0.39 is 10.0 Å². The molecule has 0 amide bonds. The van der Waals surface area contributed by atoms with Crippen molar-refractivity contribution in [3.05, 3.63) is 23.7 Å². The lowest BCUT2D eigenvalue weighted by atomic mass is 9.80. The van der Waals surface area contributed by atoms with Gasteiger partial charge in [-0.1, -0.05) is 18.5 Å². The number of hydrogen-bond donors (Lipinski definition) is 0. The number of imidazole rings is 1. The molecule has 0 N–H and O–H groups in total. The van der Waals surface area contributed by atoms with Crippen LogP contribution in [-0.4, -0.2) is 45.5 Å². The summed E-state index contributed by atoms with van der Waals surface area (Å²) in [6, 6.07) is 0. The fourth-order valence-electron chi connectivity index (χ4n) is 4.18. The lowest BCUT2D eigenvalue weighted by Gasteiger charge is -2.24. The van der Waals surface area contributed by atoms with Crippen LogP contribution in [0.1, 0.15) is 43.7 Å². The molecule has 2 fully saturated rings. The number of nitrogens with zero attached hydrogens (tertiary/aromatic N) is 5. The molecule has 8 nitrogen and oxygen atoms in total.